The highest BCUT2D eigenvalue weighted by Gasteiger charge is 2.12. The number of anilines is 1. The Labute approximate surface area is 123 Å². The number of nitrogens with two attached hydrogens (primary N) is 1. The molecule has 3 aromatic rings. The minimum Gasteiger partial charge on any atom is -0.369 e. The normalized spacial score (nSPS) is 11.2. The van der Waals surface area contributed by atoms with Crippen molar-refractivity contribution in [3.63, 3.8) is 0 Å². The fourth-order valence-corrected chi connectivity index (χ4v) is 2.41. The van der Waals surface area contributed by atoms with E-state index >= 15 is 0 Å². The molecule has 0 bridgehead atoms. The highest BCUT2D eigenvalue weighted by Crippen LogP contribution is 2.25. The number of rotatable bonds is 2. The van der Waals surface area contributed by atoms with Crippen molar-refractivity contribution in [2.75, 3.05) is 5.73 Å². The molecule has 0 unspecified atom stereocenters. The summed E-state index contributed by atoms with van der Waals surface area (Å²) in [4.78, 5) is 8.50. The van der Waals surface area contributed by atoms with E-state index in [4.69, 9.17) is 5.73 Å². The van der Waals surface area contributed by atoms with Gasteiger partial charge in [0.15, 0.2) is 0 Å². The van der Waals surface area contributed by atoms with Crippen LogP contribution in [0, 0.1) is 12.7 Å². The van der Waals surface area contributed by atoms with Crippen LogP contribution in [0.2, 0.25) is 0 Å². The largest absolute Gasteiger partial charge is 0.369 e. The maximum atomic E-state index is 13.7. The summed E-state index contributed by atoms with van der Waals surface area (Å²) in [6.07, 6.45) is 1.79. The molecule has 0 amide bonds. The van der Waals surface area contributed by atoms with Crippen LogP contribution in [0.5, 0.6) is 0 Å². The third-order valence-electron chi connectivity index (χ3n) is 3.13. The molecular weight excluding hydrogens is 323 g/mol. The molecule has 2 N–H and O–H groups in total. The fourth-order valence-electron chi connectivity index (χ4n) is 2.08. The molecule has 4 nitrogen and oxygen atoms in total. The average molecular weight is 335 g/mol. The van der Waals surface area contributed by atoms with Crippen LogP contribution in [0.25, 0.3) is 11.0 Å². The third-order valence-corrected chi connectivity index (χ3v) is 3.74. The molecule has 0 aliphatic heterocycles. The number of nitrogens with zero attached hydrogens (tertiary/aromatic N) is 3. The molecule has 0 fully saturated rings. The van der Waals surface area contributed by atoms with Gasteiger partial charge in [0.05, 0.1) is 22.1 Å². The highest BCUT2D eigenvalue weighted by molar-refractivity contribution is 9.10. The van der Waals surface area contributed by atoms with Gasteiger partial charge in [-0.15, -0.1) is 0 Å². The summed E-state index contributed by atoms with van der Waals surface area (Å²) in [5, 5.41) is 0. The first-order chi connectivity index (χ1) is 9.54. The Morgan fingerprint density at radius 3 is 2.85 bits per heavy atom. The van der Waals surface area contributed by atoms with E-state index in [1.165, 1.54) is 6.07 Å². The van der Waals surface area contributed by atoms with Crippen LogP contribution in [0.4, 0.5) is 10.3 Å². The minimum atomic E-state index is -0.333. The van der Waals surface area contributed by atoms with Crippen molar-refractivity contribution >= 4 is 32.9 Å². The van der Waals surface area contributed by atoms with Crippen molar-refractivity contribution in [2.24, 2.45) is 0 Å². The van der Waals surface area contributed by atoms with E-state index < -0.39 is 0 Å². The Hall–Kier alpha value is -1.95. The molecule has 0 atom stereocenters. The van der Waals surface area contributed by atoms with E-state index in [0.717, 1.165) is 11.3 Å². The number of hydrogen-bond acceptors (Lipinski definition) is 3. The molecule has 0 spiro atoms. The second-order valence-corrected chi connectivity index (χ2v) is 5.47. The summed E-state index contributed by atoms with van der Waals surface area (Å²) in [5.41, 5.74) is 9.20. The predicted molar refractivity (Wildman–Crippen MR) is 79.9 cm³/mol. The average Bonchev–Trinajstić information content (AvgIpc) is 2.69. The smallest absolute Gasteiger partial charge is 0.201 e. The number of aryl methyl sites for hydroxylation is 1. The highest BCUT2D eigenvalue weighted by atomic mass is 79.9. The Bertz CT molecular complexity index is 780. The number of hydrogen-bond donors (Lipinski definition) is 1. The third kappa shape index (κ3) is 2.27. The van der Waals surface area contributed by atoms with Crippen molar-refractivity contribution in [3.05, 3.63) is 52.0 Å². The van der Waals surface area contributed by atoms with Gasteiger partial charge in [0.2, 0.25) is 5.95 Å². The lowest BCUT2D eigenvalue weighted by Crippen LogP contribution is -2.05. The van der Waals surface area contributed by atoms with Crippen molar-refractivity contribution in [1.82, 2.24) is 14.5 Å². The zero-order valence-electron chi connectivity index (χ0n) is 10.8. The maximum Gasteiger partial charge on any atom is 0.201 e. The molecule has 0 aliphatic rings. The van der Waals surface area contributed by atoms with Gasteiger partial charge in [0.1, 0.15) is 5.82 Å². The van der Waals surface area contributed by atoms with Gasteiger partial charge >= 0.3 is 0 Å². The monoisotopic (exact) mass is 334 g/mol. The number of benzene rings is 1. The molecule has 1 aromatic carbocycles. The van der Waals surface area contributed by atoms with Crippen molar-refractivity contribution in [3.8, 4) is 0 Å². The van der Waals surface area contributed by atoms with Crippen molar-refractivity contribution < 1.29 is 4.39 Å². The molecule has 6 heteroatoms. The van der Waals surface area contributed by atoms with E-state index in [9.17, 15) is 4.39 Å². The Kier molecular flexibility index (Phi) is 3.17. The molecule has 102 valence electrons. The predicted octanol–water partition coefficient (Wildman–Crippen LogP) is 3.27. The lowest BCUT2D eigenvalue weighted by atomic mass is 10.2. The molecule has 3 rings (SSSR count). The summed E-state index contributed by atoms with van der Waals surface area (Å²) in [5.74, 6) is 0.0266. The van der Waals surface area contributed by atoms with Gasteiger partial charge in [-0.1, -0.05) is 6.07 Å². The van der Waals surface area contributed by atoms with Gasteiger partial charge in [0, 0.05) is 18.0 Å². The first kappa shape index (κ1) is 13.1. The first-order valence-corrected chi connectivity index (χ1v) is 6.86. The zero-order valence-corrected chi connectivity index (χ0v) is 12.4. The van der Waals surface area contributed by atoms with Crippen molar-refractivity contribution in [1.29, 1.82) is 0 Å². The second kappa shape index (κ2) is 4.86. The number of imidazole rings is 1. The number of pyridine rings is 1. The molecule has 2 aromatic heterocycles. The van der Waals surface area contributed by atoms with E-state index in [0.29, 0.717) is 28.0 Å². The Morgan fingerprint density at radius 2 is 2.15 bits per heavy atom. The van der Waals surface area contributed by atoms with Crippen LogP contribution in [0.3, 0.4) is 0 Å². The van der Waals surface area contributed by atoms with Gasteiger partial charge in [-0.25, -0.2) is 9.37 Å². The van der Waals surface area contributed by atoms with Gasteiger partial charge in [-0.3, -0.25) is 4.98 Å². The number of halogens is 2. The quantitative estimate of drug-likeness (QED) is 0.782. The minimum absolute atomic E-state index is 0.333. The molecule has 2 heterocycles. The van der Waals surface area contributed by atoms with Gasteiger partial charge in [-0.05, 0) is 40.5 Å². The Balaban J connectivity index is 2.08. The van der Waals surface area contributed by atoms with Crippen LogP contribution in [0.15, 0.2) is 34.9 Å². The van der Waals surface area contributed by atoms with Crippen LogP contribution < -0.4 is 5.73 Å². The SMILES string of the molecule is Cc1ccc(Cn2c(N)nc3cc(Br)c(F)cc32)cn1. The summed E-state index contributed by atoms with van der Waals surface area (Å²) in [7, 11) is 0. The topological polar surface area (TPSA) is 56.7 Å². The second-order valence-electron chi connectivity index (χ2n) is 4.62. The van der Waals surface area contributed by atoms with Crippen LogP contribution in [-0.2, 0) is 6.54 Å². The standard InChI is InChI=1S/C14H12BrFN4/c1-8-2-3-9(6-18-8)7-20-13-5-11(16)10(15)4-12(13)19-14(20)17/h2-6H,7H2,1H3,(H2,17,19). The molecule has 0 radical (unpaired) electrons. The lowest BCUT2D eigenvalue weighted by Gasteiger charge is -2.07. The molecule has 0 aliphatic carbocycles. The van der Waals surface area contributed by atoms with Crippen LogP contribution in [-0.4, -0.2) is 14.5 Å². The summed E-state index contributed by atoms with van der Waals surface area (Å²) in [6.45, 7) is 2.44. The summed E-state index contributed by atoms with van der Waals surface area (Å²) in [6, 6.07) is 6.97. The van der Waals surface area contributed by atoms with Gasteiger partial charge in [-0.2, -0.15) is 0 Å². The van der Waals surface area contributed by atoms with E-state index in [1.54, 1.807) is 16.8 Å². The van der Waals surface area contributed by atoms with E-state index in [2.05, 4.69) is 25.9 Å². The van der Waals surface area contributed by atoms with Crippen molar-refractivity contribution in [2.45, 2.75) is 13.5 Å². The number of fused-ring (bicyclic) bond motifs is 1. The molecular formula is C14H12BrFN4. The zero-order chi connectivity index (χ0) is 14.3. The summed E-state index contributed by atoms with van der Waals surface area (Å²) < 4.78 is 15.8. The van der Waals surface area contributed by atoms with Gasteiger partial charge < -0.3 is 10.3 Å². The maximum absolute atomic E-state index is 13.7. The Morgan fingerprint density at radius 1 is 1.35 bits per heavy atom. The van der Waals surface area contributed by atoms with Crippen LogP contribution >= 0.6 is 15.9 Å². The lowest BCUT2D eigenvalue weighted by molar-refractivity contribution is 0.622. The molecule has 0 saturated heterocycles. The first-order valence-electron chi connectivity index (χ1n) is 6.07. The molecule has 0 saturated carbocycles. The van der Waals surface area contributed by atoms with E-state index in [1.807, 2.05) is 19.1 Å². The van der Waals surface area contributed by atoms with Crippen LogP contribution in [0.1, 0.15) is 11.3 Å². The number of aromatic nitrogens is 3. The summed E-state index contributed by atoms with van der Waals surface area (Å²) >= 11 is 3.15. The van der Waals surface area contributed by atoms with E-state index in [-0.39, 0.29) is 5.82 Å². The van der Waals surface area contributed by atoms with Gasteiger partial charge in [0.25, 0.3) is 0 Å². The number of nitrogen functional groups attached to an aromatic ring is 1. The molecule has 20 heavy (non-hydrogen) atoms. The fraction of sp³-hybridized carbons (Fsp3) is 0.143.